The Morgan fingerprint density at radius 3 is 2.75 bits per heavy atom. The lowest BCUT2D eigenvalue weighted by Gasteiger charge is -2.30. The quantitative estimate of drug-likeness (QED) is 0.843. The number of hydrogen-bond donors (Lipinski definition) is 2. The van der Waals surface area contributed by atoms with Crippen LogP contribution in [0.5, 0.6) is 5.75 Å². The molecular weight excluding hydrogens is 306 g/mol. The van der Waals surface area contributed by atoms with Crippen LogP contribution >= 0.6 is 0 Å². The molecule has 0 radical (unpaired) electrons. The SMILES string of the molecule is COc1cccc(C(=O)Nc2cc(N)ccc2N2CCOCC2)c1. The van der Waals surface area contributed by atoms with Crippen molar-refractivity contribution in [3.63, 3.8) is 0 Å². The summed E-state index contributed by atoms with van der Waals surface area (Å²) >= 11 is 0. The molecule has 2 aromatic carbocycles. The third-order valence-electron chi connectivity index (χ3n) is 3.95. The van der Waals surface area contributed by atoms with Crippen LogP contribution in [0.25, 0.3) is 0 Å². The molecule has 0 atom stereocenters. The number of benzene rings is 2. The summed E-state index contributed by atoms with van der Waals surface area (Å²) < 4.78 is 10.6. The third kappa shape index (κ3) is 3.60. The Labute approximate surface area is 141 Å². The summed E-state index contributed by atoms with van der Waals surface area (Å²) in [6.07, 6.45) is 0. The van der Waals surface area contributed by atoms with Gasteiger partial charge in [0.1, 0.15) is 5.75 Å². The number of nitrogens with one attached hydrogen (secondary N) is 1. The van der Waals surface area contributed by atoms with Gasteiger partial charge in [0.2, 0.25) is 0 Å². The van der Waals surface area contributed by atoms with Gasteiger partial charge < -0.3 is 25.4 Å². The average Bonchev–Trinajstić information content (AvgIpc) is 2.62. The molecule has 6 heteroatoms. The van der Waals surface area contributed by atoms with E-state index in [0.29, 0.717) is 35.9 Å². The van der Waals surface area contributed by atoms with Crippen molar-refractivity contribution in [1.82, 2.24) is 0 Å². The van der Waals surface area contributed by atoms with Gasteiger partial charge in [-0.1, -0.05) is 6.07 Å². The van der Waals surface area contributed by atoms with E-state index in [1.807, 2.05) is 12.1 Å². The van der Waals surface area contributed by atoms with E-state index in [1.165, 1.54) is 0 Å². The van der Waals surface area contributed by atoms with Gasteiger partial charge in [0.05, 0.1) is 31.7 Å². The van der Waals surface area contributed by atoms with Gasteiger partial charge in [0, 0.05) is 24.3 Å². The fourth-order valence-electron chi connectivity index (χ4n) is 2.69. The molecule has 0 aliphatic carbocycles. The Morgan fingerprint density at radius 1 is 1.21 bits per heavy atom. The standard InChI is InChI=1S/C18H21N3O3/c1-23-15-4-2-3-13(11-15)18(22)20-16-12-14(19)5-6-17(16)21-7-9-24-10-8-21/h2-6,11-12H,7-10,19H2,1H3,(H,20,22). The summed E-state index contributed by atoms with van der Waals surface area (Å²) in [5.74, 6) is 0.442. The Hall–Kier alpha value is -2.73. The Bertz CT molecular complexity index is 727. The van der Waals surface area contributed by atoms with Crippen LogP contribution in [0, 0.1) is 0 Å². The fraction of sp³-hybridized carbons (Fsp3) is 0.278. The summed E-state index contributed by atoms with van der Waals surface area (Å²) in [5, 5.41) is 2.96. The zero-order chi connectivity index (χ0) is 16.9. The van der Waals surface area contributed by atoms with Crippen LogP contribution in [-0.2, 0) is 4.74 Å². The molecule has 1 saturated heterocycles. The van der Waals surface area contributed by atoms with Crippen molar-refractivity contribution in [2.24, 2.45) is 0 Å². The maximum Gasteiger partial charge on any atom is 0.255 e. The molecule has 24 heavy (non-hydrogen) atoms. The summed E-state index contributed by atoms with van der Waals surface area (Å²) in [6, 6.07) is 12.6. The van der Waals surface area contributed by atoms with Gasteiger partial charge in [-0.15, -0.1) is 0 Å². The normalized spacial score (nSPS) is 14.3. The highest BCUT2D eigenvalue weighted by atomic mass is 16.5. The molecule has 2 aromatic rings. The molecule has 1 fully saturated rings. The van der Waals surface area contributed by atoms with E-state index in [1.54, 1.807) is 37.4 Å². The molecule has 0 aromatic heterocycles. The first-order chi connectivity index (χ1) is 11.7. The number of carbonyl (C=O) groups is 1. The van der Waals surface area contributed by atoms with Gasteiger partial charge in [0.25, 0.3) is 5.91 Å². The molecule has 6 nitrogen and oxygen atoms in total. The van der Waals surface area contributed by atoms with Crippen LogP contribution in [0.1, 0.15) is 10.4 Å². The highest BCUT2D eigenvalue weighted by molar-refractivity contribution is 6.06. The van der Waals surface area contributed by atoms with Gasteiger partial charge >= 0.3 is 0 Å². The zero-order valence-corrected chi connectivity index (χ0v) is 13.6. The van der Waals surface area contributed by atoms with Gasteiger partial charge in [-0.25, -0.2) is 0 Å². The van der Waals surface area contributed by atoms with Crippen molar-refractivity contribution in [2.45, 2.75) is 0 Å². The van der Waals surface area contributed by atoms with Crippen LogP contribution in [-0.4, -0.2) is 39.3 Å². The number of amides is 1. The van der Waals surface area contributed by atoms with Crippen molar-refractivity contribution < 1.29 is 14.3 Å². The van der Waals surface area contributed by atoms with Crippen LogP contribution in [0.4, 0.5) is 17.1 Å². The lowest BCUT2D eigenvalue weighted by atomic mass is 10.1. The average molecular weight is 327 g/mol. The largest absolute Gasteiger partial charge is 0.497 e. The van der Waals surface area contributed by atoms with E-state index in [2.05, 4.69) is 10.2 Å². The van der Waals surface area contributed by atoms with Crippen molar-refractivity contribution in [2.75, 3.05) is 49.4 Å². The minimum Gasteiger partial charge on any atom is -0.497 e. The first-order valence-corrected chi connectivity index (χ1v) is 7.85. The van der Waals surface area contributed by atoms with Crippen LogP contribution in [0.2, 0.25) is 0 Å². The number of hydrogen-bond acceptors (Lipinski definition) is 5. The highest BCUT2D eigenvalue weighted by Crippen LogP contribution is 2.29. The van der Waals surface area contributed by atoms with Crippen LogP contribution < -0.4 is 20.7 Å². The first-order valence-electron chi connectivity index (χ1n) is 7.85. The number of anilines is 3. The van der Waals surface area contributed by atoms with Crippen molar-refractivity contribution in [3.8, 4) is 5.75 Å². The van der Waals surface area contributed by atoms with Gasteiger partial charge in [-0.05, 0) is 36.4 Å². The lowest BCUT2D eigenvalue weighted by Crippen LogP contribution is -2.36. The maximum atomic E-state index is 12.6. The number of ether oxygens (including phenoxy) is 2. The Balaban J connectivity index is 1.85. The lowest BCUT2D eigenvalue weighted by molar-refractivity contribution is 0.102. The van der Waals surface area contributed by atoms with E-state index in [4.69, 9.17) is 15.2 Å². The number of morpholine rings is 1. The molecule has 0 saturated carbocycles. The monoisotopic (exact) mass is 327 g/mol. The molecule has 0 spiro atoms. The number of nitrogens with two attached hydrogens (primary N) is 1. The van der Waals surface area contributed by atoms with Crippen molar-refractivity contribution in [1.29, 1.82) is 0 Å². The molecule has 1 aliphatic rings. The Kier molecular flexibility index (Phi) is 4.86. The summed E-state index contributed by atoms with van der Waals surface area (Å²) in [6.45, 7) is 2.92. The number of nitrogen functional groups attached to an aromatic ring is 1. The molecule has 1 heterocycles. The minimum absolute atomic E-state index is 0.200. The van der Waals surface area contributed by atoms with E-state index in [-0.39, 0.29) is 5.91 Å². The van der Waals surface area contributed by atoms with E-state index < -0.39 is 0 Å². The van der Waals surface area contributed by atoms with Crippen LogP contribution in [0.3, 0.4) is 0 Å². The molecule has 1 aliphatic heterocycles. The number of methoxy groups -OCH3 is 1. The topological polar surface area (TPSA) is 76.8 Å². The molecule has 126 valence electrons. The van der Waals surface area contributed by atoms with Gasteiger partial charge in [0.15, 0.2) is 0 Å². The van der Waals surface area contributed by atoms with E-state index in [9.17, 15) is 4.79 Å². The van der Waals surface area contributed by atoms with Crippen molar-refractivity contribution in [3.05, 3.63) is 48.0 Å². The van der Waals surface area contributed by atoms with Gasteiger partial charge in [-0.3, -0.25) is 4.79 Å². The summed E-state index contributed by atoms with van der Waals surface area (Å²) in [4.78, 5) is 14.8. The molecule has 0 unspecified atom stereocenters. The van der Waals surface area contributed by atoms with Crippen LogP contribution in [0.15, 0.2) is 42.5 Å². The Morgan fingerprint density at radius 2 is 2.00 bits per heavy atom. The molecular formula is C18H21N3O3. The van der Waals surface area contributed by atoms with Crippen molar-refractivity contribution >= 4 is 23.0 Å². The zero-order valence-electron chi connectivity index (χ0n) is 13.6. The van der Waals surface area contributed by atoms with E-state index in [0.717, 1.165) is 18.8 Å². The third-order valence-corrected chi connectivity index (χ3v) is 3.95. The summed E-state index contributed by atoms with van der Waals surface area (Å²) in [7, 11) is 1.57. The second-order valence-electron chi connectivity index (χ2n) is 5.56. The number of nitrogens with zero attached hydrogens (tertiary/aromatic N) is 1. The molecule has 3 rings (SSSR count). The first kappa shape index (κ1) is 16.1. The number of carbonyl (C=O) groups excluding carboxylic acids is 1. The predicted molar refractivity (Wildman–Crippen MR) is 94.8 cm³/mol. The molecule has 0 bridgehead atoms. The maximum absolute atomic E-state index is 12.6. The highest BCUT2D eigenvalue weighted by Gasteiger charge is 2.17. The smallest absolute Gasteiger partial charge is 0.255 e. The number of rotatable bonds is 4. The van der Waals surface area contributed by atoms with E-state index >= 15 is 0 Å². The second-order valence-corrected chi connectivity index (χ2v) is 5.56. The van der Waals surface area contributed by atoms with Gasteiger partial charge in [-0.2, -0.15) is 0 Å². The summed E-state index contributed by atoms with van der Waals surface area (Å²) in [5.41, 5.74) is 8.69. The molecule has 3 N–H and O–H groups in total. The second kappa shape index (κ2) is 7.23. The minimum atomic E-state index is -0.200. The predicted octanol–water partition coefficient (Wildman–Crippen LogP) is 2.37. The fourth-order valence-corrected chi connectivity index (χ4v) is 2.69. The molecule has 1 amide bonds.